The minimum Gasteiger partial charge on any atom is -0.345 e. The first-order chi connectivity index (χ1) is 4.75. The van der Waals surface area contributed by atoms with Gasteiger partial charge in [0.2, 0.25) is 0 Å². The van der Waals surface area contributed by atoms with E-state index in [1.807, 2.05) is 11.9 Å². The molecule has 1 aliphatic rings. The molecule has 1 nitrogen and oxygen atoms in total. The Morgan fingerprint density at radius 1 is 1.70 bits per heavy atom. The van der Waals surface area contributed by atoms with E-state index in [-0.39, 0.29) is 0 Å². The zero-order chi connectivity index (χ0) is 7.56. The molecule has 1 heterocycles. The van der Waals surface area contributed by atoms with Crippen molar-refractivity contribution in [2.45, 2.75) is 19.8 Å². The van der Waals surface area contributed by atoms with Gasteiger partial charge in [0.15, 0.2) is 0 Å². The number of hydrogen-bond acceptors (Lipinski definition) is 1. The Kier molecular flexibility index (Phi) is 2.44. The molecular weight excluding hydrogens is 142 g/mol. The first-order valence-corrected chi connectivity index (χ1v) is 4.11. The molecular formula is C8H13NS. The third-order valence-corrected chi connectivity index (χ3v) is 2.40. The maximum absolute atomic E-state index is 5.19. The van der Waals surface area contributed by atoms with E-state index in [9.17, 15) is 0 Å². The summed E-state index contributed by atoms with van der Waals surface area (Å²) in [5, 5.41) is 0. The second kappa shape index (κ2) is 3.15. The monoisotopic (exact) mass is 155 g/mol. The van der Waals surface area contributed by atoms with Crippen LogP contribution >= 0.6 is 12.2 Å². The quantitative estimate of drug-likeness (QED) is 0.562. The maximum Gasteiger partial charge on any atom is 0.0886 e. The molecule has 1 aliphatic heterocycles. The van der Waals surface area contributed by atoms with Gasteiger partial charge < -0.3 is 4.90 Å². The van der Waals surface area contributed by atoms with Gasteiger partial charge in [0.1, 0.15) is 0 Å². The summed E-state index contributed by atoms with van der Waals surface area (Å²) in [4.78, 5) is 3.09. The van der Waals surface area contributed by atoms with Crippen LogP contribution in [0.5, 0.6) is 0 Å². The van der Waals surface area contributed by atoms with Crippen LogP contribution in [0.15, 0.2) is 12.3 Å². The average molecular weight is 155 g/mol. The normalized spacial score (nSPS) is 24.4. The summed E-state index contributed by atoms with van der Waals surface area (Å²) in [7, 11) is 2.01. The maximum atomic E-state index is 5.19. The van der Waals surface area contributed by atoms with Crippen molar-refractivity contribution >= 4 is 17.2 Å². The molecule has 0 fully saturated rings. The van der Waals surface area contributed by atoms with Crippen LogP contribution in [-0.2, 0) is 0 Å². The predicted octanol–water partition coefficient (Wildman–Crippen LogP) is 2.19. The van der Waals surface area contributed by atoms with Gasteiger partial charge in [-0.1, -0.05) is 31.6 Å². The molecule has 0 amide bonds. The Labute approximate surface area is 67.7 Å². The number of hydrogen-bond donors (Lipinski definition) is 0. The fourth-order valence-corrected chi connectivity index (χ4v) is 1.44. The molecule has 0 radical (unpaired) electrons. The standard InChI is InChI=1S/C8H13NS/c1-3-4-7-5-6-9(2)8(7)10/h5-7H,3-4H2,1-2H3. The van der Waals surface area contributed by atoms with E-state index in [0.29, 0.717) is 5.92 Å². The largest absolute Gasteiger partial charge is 0.345 e. The molecule has 0 aromatic heterocycles. The summed E-state index contributed by atoms with van der Waals surface area (Å²) in [5.74, 6) is 0.532. The van der Waals surface area contributed by atoms with Gasteiger partial charge in [-0.05, 0) is 6.42 Å². The molecule has 0 aliphatic carbocycles. The van der Waals surface area contributed by atoms with Gasteiger partial charge in [0, 0.05) is 19.2 Å². The third-order valence-electron chi connectivity index (χ3n) is 1.81. The highest BCUT2D eigenvalue weighted by molar-refractivity contribution is 7.80. The summed E-state index contributed by atoms with van der Waals surface area (Å²) in [5.41, 5.74) is 0. The van der Waals surface area contributed by atoms with Crippen molar-refractivity contribution in [3.05, 3.63) is 12.3 Å². The van der Waals surface area contributed by atoms with Crippen molar-refractivity contribution in [1.29, 1.82) is 0 Å². The molecule has 0 spiro atoms. The van der Waals surface area contributed by atoms with E-state index in [1.54, 1.807) is 0 Å². The zero-order valence-electron chi connectivity index (χ0n) is 6.50. The summed E-state index contributed by atoms with van der Waals surface area (Å²) in [6, 6.07) is 0. The zero-order valence-corrected chi connectivity index (χ0v) is 7.32. The first-order valence-electron chi connectivity index (χ1n) is 3.70. The van der Waals surface area contributed by atoms with Crippen LogP contribution in [0.4, 0.5) is 0 Å². The van der Waals surface area contributed by atoms with Crippen molar-refractivity contribution in [3.63, 3.8) is 0 Å². The predicted molar refractivity (Wildman–Crippen MR) is 47.9 cm³/mol. The van der Waals surface area contributed by atoms with Crippen molar-refractivity contribution in [3.8, 4) is 0 Å². The summed E-state index contributed by atoms with van der Waals surface area (Å²) >= 11 is 5.19. The van der Waals surface area contributed by atoms with E-state index >= 15 is 0 Å². The summed E-state index contributed by atoms with van der Waals surface area (Å²) < 4.78 is 0. The molecule has 0 N–H and O–H groups in total. The van der Waals surface area contributed by atoms with Crippen molar-refractivity contribution < 1.29 is 0 Å². The van der Waals surface area contributed by atoms with Crippen LogP contribution in [-0.4, -0.2) is 16.9 Å². The lowest BCUT2D eigenvalue weighted by molar-refractivity contribution is 0.664. The fourth-order valence-electron chi connectivity index (χ4n) is 1.18. The van der Waals surface area contributed by atoms with Gasteiger partial charge >= 0.3 is 0 Å². The van der Waals surface area contributed by atoms with Crippen LogP contribution in [0.3, 0.4) is 0 Å². The van der Waals surface area contributed by atoms with Crippen LogP contribution in [0.25, 0.3) is 0 Å². The Morgan fingerprint density at radius 3 is 2.80 bits per heavy atom. The minimum atomic E-state index is 0.532. The smallest absolute Gasteiger partial charge is 0.0886 e. The van der Waals surface area contributed by atoms with Gasteiger partial charge in [-0.25, -0.2) is 0 Å². The summed E-state index contributed by atoms with van der Waals surface area (Å²) in [6.07, 6.45) is 6.65. The van der Waals surface area contributed by atoms with Gasteiger partial charge in [-0.3, -0.25) is 0 Å². The second-order valence-corrected chi connectivity index (χ2v) is 3.10. The van der Waals surface area contributed by atoms with Crippen molar-refractivity contribution in [2.24, 2.45) is 5.92 Å². The molecule has 56 valence electrons. The van der Waals surface area contributed by atoms with E-state index in [2.05, 4.69) is 19.2 Å². The topological polar surface area (TPSA) is 3.24 Å². The van der Waals surface area contributed by atoms with Crippen LogP contribution < -0.4 is 0 Å². The highest BCUT2D eigenvalue weighted by Crippen LogP contribution is 2.18. The van der Waals surface area contributed by atoms with Gasteiger partial charge in [-0.2, -0.15) is 0 Å². The molecule has 1 atom stereocenters. The number of thiocarbonyl (C=S) groups is 1. The molecule has 10 heavy (non-hydrogen) atoms. The molecule has 0 aromatic rings. The Bertz CT molecular complexity index is 163. The molecule has 0 bridgehead atoms. The Hall–Kier alpha value is -0.370. The minimum absolute atomic E-state index is 0.532. The van der Waals surface area contributed by atoms with E-state index in [1.165, 1.54) is 12.8 Å². The first kappa shape index (κ1) is 7.73. The van der Waals surface area contributed by atoms with Crippen LogP contribution in [0, 0.1) is 5.92 Å². The Balaban J connectivity index is 2.50. The van der Waals surface area contributed by atoms with Gasteiger partial charge in [0.05, 0.1) is 4.99 Å². The fraction of sp³-hybridized carbons (Fsp3) is 0.625. The number of nitrogens with zero attached hydrogens (tertiary/aromatic N) is 1. The van der Waals surface area contributed by atoms with Gasteiger partial charge in [-0.15, -0.1) is 0 Å². The lowest BCUT2D eigenvalue weighted by Crippen LogP contribution is -2.19. The molecule has 1 rings (SSSR count). The highest BCUT2D eigenvalue weighted by Gasteiger charge is 2.17. The van der Waals surface area contributed by atoms with E-state index in [4.69, 9.17) is 12.2 Å². The molecule has 0 saturated heterocycles. The van der Waals surface area contributed by atoms with Crippen molar-refractivity contribution in [1.82, 2.24) is 4.90 Å². The van der Waals surface area contributed by atoms with E-state index in [0.717, 1.165) is 4.99 Å². The molecule has 0 aromatic carbocycles. The average Bonchev–Trinajstić information content (AvgIpc) is 2.20. The van der Waals surface area contributed by atoms with Crippen molar-refractivity contribution in [2.75, 3.05) is 7.05 Å². The Morgan fingerprint density at radius 2 is 2.40 bits per heavy atom. The van der Waals surface area contributed by atoms with Gasteiger partial charge in [0.25, 0.3) is 0 Å². The molecule has 0 saturated carbocycles. The molecule has 2 heteroatoms. The van der Waals surface area contributed by atoms with Crippen LogP contribution in [0.2, 0.25) is 0 Å². The number of rotatable bonds is 2. The lowest BCUT2D eigenvalue weighted by Gasteiger charge is -2.12. The lowest BCUT2D eigenvalue weighted by atomic mass is 10.1. The highest BCUT2D eigenvalue weighted by atomic mass is 32.1. The van der Waals surface area contributed by atoms with E-state index < -0.39 is 0 Å². The second-order valence-electron chi connectivity index (χ2n) is 2.69. The SMILES string of the molecule is CCCC1C=CN(C)C1=S. The van der Waals surface area contributed by atoms with Crippen LogP contribution in [0.1, 0.15) is 19.8 Å². The molecule has 1 unspecified atom stereocenters. The third kappa shape index (κ3) is 1.37. The summed E-state index contributed by atoms with van der Waals surface area (Å²) in [6.45, 7) is 2.19.